The van der Waals surface area contributed by atoms with Gasteiger partial charge in [0.25, 0.3) is 0 Å². The Kier molecular flexibility index (Phi) is 7.61. The summed E-state index contributed by atoms with van der Waals surface area (Å²) in [6.07, 6.45) is 1.61. The van der Waals surface area contributed by atoms with Gasteiger partial charge in [0.15, 0.2) is 0 Å². The molecule has 0 spiro atoms. The highest BCUT2D eigenvalue weighted by Gasteiger charge is 2.53. The van der Waals surface area contributed by atoms with Gasteiger partial charge in [0.2, 0.25) is 5.91 Å². The van der Waals surface area contributed by atoms with Gasteiger partial charge in [0.05, 0.1) is 11.2 Å². The van der Waals surface area contributed by atoms with Crippen LogP contribution in [0.3, 0.4) is 0 Å². The maximum atomic E-state index is 12.7. The predicted molar refractivity (Wildman–Crippen MR) is 143 cm³/mol. The van der Waals surface area contributed by atoms with E-state index < -0.39 is 11.2 Å². The van der Waals surface area contributed by atoms with Crippen molar-refractivity contribution in [2.75, 3.05) is 44.6 Å². The number of nitrogens with zero attached hydrogens (tertiary/aromatic N) is 5. The fraction of sp³-hybridized carbons (Fsp3) is 0.520. The van der Waals surface area contributed by atoms with Crippen LogP contribution in [-0.4, -0.2) is 87.0 Å². The largest absolute Gasteiger partial charge is 0.354 e. The van der Waals surface area contributed by atoms with Gasteiger partial charge in [0, 0.05) is 58.1 Å². The summed E-state index contributed by atoms with van der Waals surface area (Å²) in [4.78, 5) is 47.4. The van der Waals surface area contributed by atoms with E-state index in [9.17, 15) is 14.4 Å². The first-order valence-electron chi connectivity index (χ1n) is 12.4. The predicted octanol–water partition coefficient (Wildman–Crippen LogP) is 0.457. The molecular formula is C25H35ClN8O3. The van der Waals surface area contributed by atoms with Gasteiger partial charge in [-0.1, -0.05) is 12.1 Å². The van der Waals surface area contributed by atoms with Crippen molar-refractivity contribution in [3.63, 3.8) is 0 Å². The number of halogens is 1. The first kappa shape index (κ1) is 27.1. The van der Waals surface area contributed by atoms with Crippen LogP contribution in [0.15, 0.2) is 41.3 Å². The Hall–Kier alpha value is -2.99. The smallest absolute Gasteiger partial charge is 0.338 e. The highest BCUT2D eigenvalue weighted by molar-refractivity contribution is 5.89. The Morgan fingerprint density at radius 1 is 1.03 bits per heavy atom. The molecule has 3 aliphatic rings. The summed E-state index contributed by atoms with van der Waals surface area (Å²) < 4.78 is 1.45. The van der Waals surface area contributed by atoms with E-state index in [-0.39, 0.29) is 30.2 Å². The molecule has 12 heteroatoms. The van der Waals surface area contributed by atoms with E-state index in [2.05, 4.69) is 15.2 Å². The molecule has 3 heterocycles. The van der Waals surface area contributed by atoms with Gasteiger partial charge in [0.1, 0.15) is 5.82 Å². The van der Waals surface area contributed by atoms with Crippen molar-refractivity contribution < 1.29 is 9.59 Å². The molecule has 2 unspecified atom stereocenters. The Morgan fingerprint density at radius 2 is 1.62 bits per heavy atom. The molecule has 37 heavy (non-hydrogen) atoms. The van der Waals surface area contributed by atoms with Crippen LogP contribution >= 0.6 is 12.4 Å². The summed E-state index contributed by atoms with van der Waals surface area (Å²) in [6.45, 7) is 7.91. The Balaban J connectivity index is 0.00000320. The average Bonchev–Trinajstić information content (AvgIpc) is 3.23. The molecule has 200 valence electrons. The summed E-state index contributed by atoms with van der Waals surface area (Å²) >= 11 is 0. The normalized spacial score (nSPS) is 23.3. The van der Waals surface area contributed by atoms with Crippen LogP contribution in [-0.2, 0) is 11.3 Å². The minimum Gasteiger partial charge on any atom is -0.338 e. The number of carbonyl (C=O) groups excluding carboxylic acids is 2. The lowest BCUT2D eigenvalue weighted by Gasteiger charge is -2.37. The van der Waals surface area contributed by atoms with E-state index in [1.165, 1.54) is 10.1 Å². The van der Waals surface area contributed by atoms with Crippen molar-refractivity contribution in [3.05, 3.63) is 52.6 Å². The second-order valence-corrected chi connectivity index (χ2v) is 10.7. The summed E-state index contributed by atoms with van der Waals surface area (Å²) in [5, 5.41) is 2.69. The van der Waals surface area contributed by atoms with Crippen LogP contribution in [0.2, 0.25) is 0 Å². The van der Waals surface area contributed by atoms with Crippen molar-refractivity contribution in [3.8, 4) is 5.69 Å². The zero-order valence-electron chi connectivity index (χ0n) is 21.2. The summed E-state index contributed by atoms with van der Waals surface area (Å²) in [5.41, 5.74) is 12.4. The molecule has 5 rings (SSSR count). The van der Waals surface area contributed by atoms with Gasteiger partial charge in [-0.3, -0.25) is 19.6 Å². The summed E-state index contributed by atoms with van der Waals surface area (Å²) in [5.74, 6) is 1.36. The number of aromatic nitrogens is 2. The number of benzene rings is 1. The molecule has 1 aromatic heterocycles. The first-order valence-corrected chi connectivity index (χ1v) is 12.4. The van der Waals surface area contributed by atoms with E-state index in [0.717, 1.165) is 19.6 Å². The number of nitrogens with one attached hydrogen (secondary N) is 1. The standard InChI is InChI=1S/C25H34N8O3.ClH/c1-25(2,27)22(34)31-9-11-32(12-10-31)23(35)28-20-7-8-33(24(36)29-20)17-5-3-16(4-6-17)13-30-14-18-19(15-30)21(18)26;/h3-8,18-19,21H,9-15,26-27H2,1-2H3,(H,28,29,35,36);1H. The summed E-state index contributed by atoms with van der Waals surface area (Å²) in [7, 11) is 0. The third-order valence-electron chi connectivity index (χ3n) is 7.40. The number of urea groups is 1. The Bertz CT molecular complexity index is 1190. The molecule has 5 N–H and O–H groups in total. The van der Waals surface area contributed by atoms with Gasteiger partial charge in [-0.15, -0.1) is 12.4 Å². The fourth-order valence-corrected chi connectivity index (χ4v) is 5.19. The lowest BCUT2D eigenvalue weighted by atomic mass is 10.1. The number of nitrogens with two attached hydrogens (primary N) is 2. The molecule has 2 aliphatic heterocycles. The van der Waals surface area contributed by atoms with E-state index in [1.807, 2.05) is 24.3 Å². The van der Waals surface area contributed by atoms with Gasteiger partial charge >= 0.3 is 11.7 Å². The number of piperidine rings is 1. The molecular weight excluding hydrogens is 496 g/mol. The highest BCUT2D eigenvalue weighted by atomic mass is 35.5. The number of likely N-dealkylation sites (tertiary alicyclic amines) is 1. The zero-order valence-corrected chi connectivity index (χ0v) is 22.0. The lowest BCUT2D eigenvalue weighted by Crippen LogP contribution is -2.58. The van der Waals surface area contributed by atoms with Crippen molar-refractivity contribution in [2.24, 2.45) is 23.3 Å². The highest BCUT2D eigenvalue weighted by Crippen LogP contribution is 2.44. The number of carbonyl (C=O) groups is 2. The maximum absolute atomic E-state index is 12.7. The van der Waals surface area contributed by atoms with Crippen molar-refractivity contribution in [1.29, 1.82) is 0 Å². The molecule has 2 saturated heterocycles. The molecule has 3 fully saturated rings. The number of hydrogen-bond acceptors (Lipinski definition) is 7. The van der Waals surface area contributed by atoms with E-state index in [1.54, 1.807) is 35.9 Å². The van der Waals surface area contributed by atoms with E-state index in [0.29, 0.717) is 49.7 Å². The van der Waals surface area contributed by atoms with Crippen LogP contribution in [0.5, 0.6) is 0 Å². The van der Waals surface area contributed by atoms with Gasteiger partial charge in [-0.2, -0.15) is 4.98 Å². The van der Waals surface area contributed by atoms with E-state index in [4.69, 9.17) is 11.5 Å². The van der Waals surface area contributed by atoms with Crippen LogP contribution < -0.4 is 22.5 Å². The molecule has 11 nitrogen and oxygen atoms in total. The SMILES string of the molecule is CC(C)(N)C(=O)N1CCN(C(=O)Nc2ccn(-c3ccc(CN4CC5C(N)C5C4)cc3)c(=O)n2)CC1.Cl. The Morgan fingerprint density at radius 3 is 2.19 bits per heavy atom. The van der Waals surface area contributed by atoms with Crippen LogP contribution in [0.1, 0.15) is 19.4 Å². The van der Waals surface area contributed by atoms with E-state index >= 15 is 0 Å². The van der Waals surface area contributed by atoms with Crippen molar-refractivity contribution in [2.45, 2.75) is 32.0 Å². The van der Waals surface area contributed by atoms with Gasteiger partial charge in [-0.25, -0.2) is 9.59 Å². The average molecular weight is 531 g/mol. The topological polar surface area (TPSA) is 143 Å². The minimum atomic E-state index is -0.943. The van der Waals surface area contributed by atoms with Gasteiger partial charge < -0.3 is 21.3 Å². The molecule has 2 aromatic rings. The lowest BCUT2D eigenvalue weighted by molar-refractivity contribution is -0.137. The van der Waals surface area contributed by atoms with Crippen molar-refractivity contribution >= 4 is 30.2 Å². The molecule has 3 amide bonds. The molecule has 1 aliphatic carbocycles. The number of hydrogen-bond donors (Lipinski definition) is 3. The van der Waals surface area contributed by atoms with Crippen LogP contribution in [0.4, 0.5) is 10.6 Å². The molecule has 0 bridgehead atoms. The third-order valence-corrected chi connectivity index (χ3v) is 7.40. The van der Waals surface area contributed by atoms with Crippen LogP contribution in [0, 0.1) is 11.8 Å². The number of fused-ring (bicyclic) bond motifs is 1. The molecule has 1 aromatic carbocycles. The third kappa shape index (κ3) is 5.80. The molecule has 2 atom stereocenters. The number of anilines is 1. The quantitative estimate of drug-likeness (QED) is 0.509. The minimum absolute atomic E-state index is 0. The summed E-state index contributed by atoms with van der Waals surface area (Å²) in [6, 6.07) is 9.49. The second-order valence-electron chi connectivity index (χ2n) is 10.7. The van der Waals surface area contributed by atoms with Crippen LogP contribution in [0.25, 0.3) is 5.69 Å². The van der Waals surface area contributed by atoms with Gasteiger partial charge in [-0.05, 0) is 49.4 Å². The second kappa shape index (κ2) is 10.4. The number of piperazine rings is 1. The number of rotatable bonds is 5. The van der Waals surface area contributed by atoms with Crippen molar-refractivity contribution in [1.82, 2.24) is 24.3 Å². The Labute approximate surface area is 222 Å². The number of amides is 3. The molecule has 0 radical (unpaired) electrons. The fourth-order valence-electron chi connectivity index (χ4n) is 5.19. The first-order chi connectivity index (χ1) is 17.1. The zero-order chi connectivity index (χ0) is 25.6. The molecule has 1 saturated carbocycles. The maximum Gasteiger partial charge on any atom is 0.354 e. The monoisotopic (exact) mass is 530 g/mol.